The Kier molecular flexibility index (Phi) is 4.93. The molecule has 9 heavy (non-hydrogen) atoms. The molecule has 0 aromatic rings. The average molecular weight is 257 g/mol. The predicted molar refractivity (Wildman–Crippen MR) is 38.8 cm³/mol. The lowest BCUT2D eigenvalue weighted by atomic mass is 10.4. The Hall–Kier alpha value is 0.750. The van der Waals surface area contributed by atoms with Gasteiger partial charge in [-0.1, -0.05) is 11.8 Å². The highest BCUT2D eigenvalue weighted by molar-refractivity contribution is 8.13. The number of halogens is 1. The Balaban J connectivity index is 0.000000640. The molecule has 1 rings (SSSR count). The zero-order valence-electron chi connectivity index (χ0n) is 5.85. The summed E-state index contributed by atoms with van der Waals surface area (Å²) in [5.74, 6) is 0. The van der Waals surface area contributed by atoms with E-state index in [2.05, 4.69) is 17.9 Å². The van der Waals surface area contributed by atoms with Crippen LogP contribution in [0.25, 0.3) is 0 Å². The normalized spacial score (nSPS) is 18.0. The van der Waals surface area contributed by atoms with Gasteiger partial charge < -0.3 is 24.0 Å². The number of nitrogens with zero attached hydrogens (tertiary/aromatic N) is 1. The van der Waals surface area contributed by atoms with Crippen LogP contribution in [-0.4, -0.2) is 29.5 Å². The van der Waals surface area contributed by atoms with E-state index in [0.717, 1.165) is 0 Å². The second-order valence-corrected chi connectivity index (χ2v) is 3.00. The minimum Gasteiger partial charge on any atom is -1.00 e. The molecule has 1 nitrogen and oxygen atoms in total. The monoisotopic (exact) mass is 257 g/mol. The molecule has 0 radical (unpaired) electrons. The molecule has 3 heteroatoms. The first kappa shape index (κ1) is 9.75. The summed E-state index contributed by atoms with van der Waals surface area (Å²) in [5, 5.41) is 1.55. The van der Waals surface area contributed by atoms with Gasteiger partial charge in [-0.25, -0.2) is 4.58 Å². The van der Waals surface area contributed by atoms with Crippen LogP contribution in [0.2, 0.25) is 0 Å². The van der Waals surface area contributed by atoms with Crippen molar-refractivity contribution in [3.8, 4) is 0 Å². The molecule has 54 valence electrons. The fourth-order valence-electron chi connectivity index (χ4n) is 1.04. The summed E-state index contributed by atoms with van der Waals surface area (Å²) in [5.41, 5.74) is 0. The highest BCUT2D eigenvalue weighted by Gasteiger charge is 2.16. The Bertz CT molecular complexity index is 122. The minimum absolute atomic E-state index is 0. The molecular formula is C6H12INS. The van der Waals surface area contributed by atoms with Gasteiger partial charge in [0.2, 0.25) is 5.04 Å². The highest BCUT2D eigenvalue weighted by atomic mass is 127. The molecule has 0 spiro atoms. The first-order valence-electron chi connectivity index (χ1n) is 2.95. The van der Waals surface area contributed by atoms with Crippen molar-refractivity contribution in [2.75, 3.05) is 19.8 Å². The molecule has 0 aromatic carbocycles. The molecule has 1 heterocycles. The lowest BCUT2D eigenvalue weighted by molar-refractivity contribution is -0.486. The van der Waals surface area contributed by atoms with E-state index < -0.39 is 0 Å². The molecule has 0 unspecified atom stereocenters. The zero-order valence-corrected chi connectivity index (χ0v) is 8.83. The molecule has 1 aliphatic rings. The topological polar surface area (TPSA) is 3.01 Å². The van der Waals surface area contributed by atoms with Crippen LogP contribution in [0.1, 0.15) is 12.8 Å². The summed E-state index contributed by atoms with van der Waals surface area (Å²) in [6.45, 7) is 1.26. The van der Waals surface area contributed by atoms with Crippen molar-refractivity contribution in [1.82, 2.24) is 0 Å². The highest BCUT2D eigenvalue weighted by Crippen LogP contribution is 2.10. The van der Waals surface area contributed by atoms with Gasteiger partial charge in [0.05, 0.1) is 0 Å². The first-order chi connectivity index (χ1) is 3.84. The summed E-state index contributed by atoms with van der Waals surface area (Å²) in [6, 6.07) is 0. The minimum atomic E-state index is 0. The number of rotatable bonds is 0. The SMILES string of the molecule is CSC1=[N+](C)CCC1.[I-]. The standard InChI is InChI=1S/C6H12NS.HI/c1-7-5-3-4-6(7)8-2;/h3-5H2,1-2H3;1H/q+1;/p-1. The Labute approximate surface area is 77.9 Å². The molecule has 0 fully saturated rings. The van der Waals surface area contributed by atoms with Crippen LogP contribution in [0.3, 0.4) is 0 Å². The Morgan fingerprint density at radius 2 is 2.22 bits per heavy atom. The van der Waals surface area contributed by atoms with Gasteiger partial charge in [-0.15, -0.1) is 0 Å². The van der Waals surface area contributed by atoms with Crippen molar-refractivity contribution in [1.29, 1.82) is 0 Å². The van der Waals surface area contributed by atoms with Gasteiger partial charge in [0.1, 0.15) is 13.6 Å². The van der Waals surface area contributed by atoms with Crippen LogP contribution in [0, 0.1) is 0 Å². The van der Waals surface area contributed by atoms with Crippen LogP contribution < -0.4 is 24.0 Å². The fraction of sp³-hybridized carbons (Fsp3) is 0.833. The van der Waals surface area contributed by atoms with E-state index in [-0.39, 0.29) is 24.0 Å². The van der Waals surface area contributed by atoms with E-state index in [0.29, 0.717) is 0 Å². The zero-order chi connectivity index (χ0) is 5.98. The second kappa shape index (κ2) is 4.55. The maximum atomic E-state index is 2.34. The third kappa shape index (κ3) is 2.45. The van der Waals surface area contributed by atoms with E-state index in [1.54, 1.807) is 5.04 Å². The third-order valence-corrected chi connectivity index (χ3v) is 2.53. The average Bonchev–Trinajstić information content (AvgIpc) is 2.14. The van der Waals surface area contributed by atoms with Crippen LogP contribution in [0.15, 0.2) is 0 Å². The van der Waals surface area contributed by atoms with Crippen molar-refractivity contribution < 1.29 is 28.6 Å². The van der Waals surface area contributed by atoms with E-state index >= 15 is 0 Å². The molecule has 0 bridgehead atoms. The Morgan fingerprint density at radius 3 is 2.44 bits per heavy atom. The van der Waals surface area contributed by atoms with Crippen LogP contribution in [0.4, 0.5) is 0 Å². The fourth-order valence-corrected chi connectivity index (χ4v) is 1.79. The van der Waals surface area contributed by atoms with Gasteiger partial charge in [0, 0.05) is 12.8 Å². The first-order valence-corrected chi connectivity index (χ1v) is 4.18. The van der Waals surface area contributed by atoms with Crippen molar-refractivity contribution in [3.63, 3.8) is 0 Å². The summed E-state index contributed by atoms with van der Waals surface area (Å²) in [6.07, 6.45) is 4.81. The quantitative estimate of drug-likeness (QED) is 0.365. The largest absolute Gasteiger partial charge is 1.00 e. The predicted octanol–water partition coefficient (Wildman–Crippen LogP) is -1.81. The molecule has 0 atom stereocenters. The molecule has 0 amide bonds. The maximum absolute atomic E-state index is 2.34. The number of hydrogen-bond donors (Lipinski definition) is 0. The summed E-state index contributed by atoms with van der Waals surface area (Å²) >= 11 is 1.88. The number of thioether (sulfide) groups is 1. The smallest absolute Gasteiger partial charge is 0.210 e. The molecule has 0 saturated heterocycles. The Morgan fingerprint density at radius 1 is 1.56 bits per heavy atom. The molecule has 0 aromatic heterocycles. The van der Waals surface area contributed by atoms with E-state index in [9.17, 15) is 0 Å². The molecule has 0 N–H and O–H groups in total. The van der Waals surface area contributed by atoms with Gasteiger partial charge in [0.25, 0.3) is 0 Å². The summed E-state index contributed by atoms with van der Waals surface area (Å²) in [7, 11) is 2.17. The maximum Gasteiger partial charge on any atom is 0.210 e. The molecule has 0 aliphatic carbocycles. The van der Waals surface area contributed by atoms with Gasteiger partial charge >= 0.3 is 0 Å². The van der Waals surface area contributed by atoms with Crippen LogP contribution in [-0.2, 0) is 0 Å². The summed E-state index contributed by atoms with van der Waals surface area (Å²) < 4.78 is 2.34. The van der Waals surface area contributed by atoms with Crippen LogP contribution in [0.5, 0.6) is 0 Å². The van der Waals surface area contributed by atoms with Gasteiger partial charge in [-0.05, 0) is 6.26 Å². The van der Waals surface area contributed by atoms with Crippen molar-refractivity contribution >= 4 is 16.8 Å². The van der Waals surface area contributed by atoms with Gasteiger partial charge in [-0.2, -0.15) is 0 Å². The third-order valence-electron chi connectivity index (χ3n) is 1.55. The summed E-state index contributed by atoms with van der Waals surface area (Å²) in [4.78, 5) is 0. The van der Waals surface area contributed by atoms with Crippen molar-refractivity contribution in [2.24, 2.45) is 0 Å². The van der Waals surface area contributed by atoms with Crippen molar-refractivity contribution in [3.05, 3.63) is 0 Å². The van der Waals surface area contributed by atoms with E-state index in [4.69, 9.17) is 0 Å². The molecule has 0 saturated carbocycles. The van der Waals surface area contributed by atoms with Crippen LogP contribution >= 0.6 is 11.8 Å². The number of hydrogen-bond acceptors (Lipinski definition) is 1. The van der Waals surface area contributed by atoms with E-state index in [1.807, 2.05) is 11.8 Å². The van der Waals surface area contributed by atoms with Gasteiger partial charge in [0.15, 0.2) is 0 Å². The lowest BCUT2D eigenvalue weighted by Crippen LogP contribution is -3.00. The second-order valence-electron chi connectivity index (χ2n) is 2.12. The lowest BCUT2D eigenvalue weighted by Gasteiger charge is -1.87. The van der Waals surface area contributed by atoms with E-state index in [1.165, 1.54) is 19.4 Å². The molecule has 1 aliphatic heterocycles. The van der Waals surface area contributed by atoms with Crippen molar-refractivity contribution in [2.45, 2.75) is 12.8 Å². The van der Waals surface area contributed by atoms with Gasteiger partial charge in [-0.3, -0.25) is 0 Å². The molecular weight excluding hydrogens is 245 g/mol.